The highest BCUT2D eigenvalue weighted by Gasteiger charge is 2.26. The second-order valence-corrected chi connectivity index (χ2v) is 5.37. The van der Waals surface area contributed by atoms with E-state index in [4.69, 9.17) is 4.84 Å². The summed E-state index contributed by atoms with van der Waals surface area (Å²) in [6, 6.07) is 12.5. The molecule has 1 fully saturated rings. The summed E-state index contributed by atoms with van der Waals surface area (Å²) < 4.78 is 25.8. The summed E-state index contributed by atoms with van der Waals surface area (Å²) in [4.78, 5) is 5.26. The molecule has 0 saturated carbocycles. The molecule has 0 aliphatic carbocycles. The van der Waals surface area contributed by atoms with Gasteiger partial charge in [-0.2, -0.15) is 0 Å². The van der Waals surface area contributed by atoms with Crippen LogP contribution in [0, 0.1) is 17.6 Å². The first-order valence-corrected chi connectivity index (χ1v) is 7.36. The Labute approximate surface area is 133 Å². The van der Waals surface area contributed by atoms with Gasteiger partial charge in [-0.05, 0) is 35.4 Å². The lowest BCUT2D eigenvalue weighted by molar-refractivity contribution is 0.130. The van der Waals surface area contributed by atoms with Crippen molar-refractivity contribution >= 4 is 6.21 Å². The molecule has 1 saturated heterocycles. The summed E-state index contributed by atoms with van der Waals surface area (Å²) in [5, 5.41) is 3.99. The maximum atomic E-state index is 13.0. The van der Waals surface area contributed by atoms with E-state index in [1.54, 1.807) is 30.5 Å². The van der Waals surface area contributed by atoms with Gasteiger partial charge in [0.05, 0.1) is 12.3 Å². The van der Waals surface area contributed by atoms with E-state index in [1.165, 1.54) is 24.3 Å². The Morgan fingerprint density at radius 1 is 1.04 bits per heavy atom. The first-order valence-electron chi connectivity index (χ1n) is 7.36. The number of nitrogens with one attached hydrogen (secondary N) is 2. The van der Waals surface area contributed by atoms with Crippen molar-refractivity contribution in [3.63, 3.8) is 0 Å². The summed E-state index contributed by atoms with van der Waals surface area (Å²) >= 11 is 0. The van der Waals surface area contributed by atoms with Crippen molar-refractivity contribution in [1.29, 1.82) is 0 Å². The molecule has 3 rings (SSSR count). The Morgan fingerprint density at radius 2 is 1.70 bits per heavy atom. The fourth-order valence-electron chi connectivity index (χ4n) is 2.46. The zero-order valence-electron chi connectivity index (χ0n) is 12.4. The van der Waals surface area contributed by atoms with Crippen molar-refractivity contribution in [2.75, 3.05) is 6.54 Å². The number of hydrogen-bond acceptors (Lipinski definition) is 4. The van der Waals surface area contributed by atoms with Crippen LogP contribution < -0.4 is 10.9 Å². The summed E-state index contributed by atoms with van der Waals surface area (Å²) in [7, 11) is 0. The van der Waals surface area contributed by atoms with Gasteiger partial charge in [-0.1, -0.05) is 29.4 Å². The van der Waals surface area contributed by atoms with Crippen LogP contribution >= 0.6 is 0 Å². The lowest BCUT2D eigenvalue weighted by atomic mass is 9.96. The molecular formula is C17H17F2N3O. The van der Waals surface area contributed by atoms with Crippen LogP contribution in [0.3, 0.4) is 0 Å². The molecule has 0 aromatic heterocycles. The summed E-state index contributed by atoms with van der Waals surface area (Å²) in [6.45, 7) is 0.983. The quantitative estimate of drug-likeness (QED) is 0.658. The number of hydrogen-bond donors (Lipinski definition) is 2. The third-order valence-electron chi connectivity index (χ3n) is 3.72. The molecular weight excluding hydrogens is 300 g/mol. The normalized spacial score (nSPS) is 21.0. The number of nitrogens with zero attached hydrogens (tertiary/aromatic N) is 1. The Balaban J connectivity index is 1.55. The van der Waals surface area contributed by atoms with E-state index in [2.05, 4.69) is 16.0 Å². The van der Waals surface area contributed by atoms with Crippen molar-refractivity contribution < 1.29 is 13.6 Å². The van der Waals surface area contributed by atoms with Gasteiger partial charge in [0.2, 0.25) is 0 Å². The maximum absolute atomic E-state index is 13.0. The van der Waals surface area contributed by atoms with Crippen molar-refractivity contribution in [1.82, 2.24) is 10.9 Å². The van der Waals surface area contributed by atoms with Crippen LogP contribution in [0.5, 0.6) is 0 Å². The highest BCUT2D eigenvalue weighted by Crippen LogP contribution is 2.23. The first kappa shape index (κ1) is 15.6. The number of benzene rings is 2. The van der Waals surface area contributed by atoms with E-state index in [0.717, 1.165) is 11.1 Å². The fourth-order valence-corrected chi connectivity index (χ4v) is 2.46. The highest BCUT2D eigenvalue weighted by atomic mass is 19.1. The Morgan fingerprint density at radius 3 is 2.39 bits per heavy atom. The van der Waals surface area contributed by atoms with Gasteiger partial charge in [0.15, 0.2) is 0 Å². The van der Waals surface area contributed by atoms with Gasteiger partial charge in [0.1, 0.15) is 18.2 Å². The molecule has 23 heavy (non-hydrogen) atoms. The molecule has 2 aromatic carbocycles. The third kappa shape index (κ3) is 4.12. The molecule has 0 spiro atoms. The average Bonchev–Trinajstić information content (AvgIpc) is 3.02. The molecule has 120 valence electrons. The molecule has 2 unspecified atom stereocenters. The smallest absolute Gasteiger partial charge is 0.142 e. The van der Waals surface area contributed by atoms with Gasteiger partial charge in [-0.25, -0.2) is 14.2 Å². The Hall–Kier alpha value is -2.31. The van der Waals surface area contributed by atoms with E-state index in [1.807, 2.05) is 0 Å². The van der Waals surface area contributed by atoms with Crippen LogP contribution in [-0.2, 0) is 11.4 Å². The largest absolute Gasteiger partial charge is 0.391 e. The summed E-state index contributed by atoms with van der Waals surface area (Å²) in [5.74, 6) is -0.441. The predicted octanol–water partition coefficient (Wildman–Crippen LogP) is 2.93. The molecule has 1 aliphatic heterocycles. The van der Waals surface area contributed by atoms with Crippen LogP contribution in [0.1, 0.15) is 17.2 Å². The first-order chi connectivity index (χ1) is 11.2. The average molecular weight is 317 g/mol. The number of halogens is 2. The van der Waals surface area contributed by atoms with Gasteiger partial charge in [0.25, 0.3) is 0 Å². The third-order valence-corrected chi connectivity index (χ3v) is 3.72. The summed E-state index contributed by atoms with van der Waals surface area (Å²) in [6.07, 6.45) is 1.73. The molecule has 2 N–H and O–H groups in total. The fraction of sp³-hybridized carbons (Fsp3) is 0.235. The lowest BCUT2D eigenvalue weighted by Gasteiger charge is -2.14. The lowest BCUT2D eigenvalue weighted by Crippen LogP contribution is -2.25. The van der Waals surface area contributed by atoms with Gasteiger partial charge < -0.3 is 4.84 Å². The standard InChI is InChI=1S/C17H17F2N3O/c18-15-5-1-12(2-6-15)11-23-21-10-14-9-20-22-17(14)13-3-7-16(19)8-4-13/h1-8,10,14,17,20,22H,9,11H2/b21-10+. The number of oxime groups is 1. The zero-order chi connectivity index (χ0) is 16.1. The van der Waals surface area contributed by atoms with Crippen LogP contribution in [0.4, 0.5) is 8.78 Å². The molecule has 1 aliphatic rings. The van der Waals surface area contributed by atoms with Crippen molar-refractivity contribution in [3.05, 3.63) is 71.3 Å². The Bertz CT molecular complexity index is 659. The molecule has 1 heterocycles. The zero-order valence-corrected chi connectivity index (χ0v) is 12.4. The minimum absolute atomic E-state index is 0.00812. The highest BCUT2D eigenvalue weighted by molar-refractivity contribution is 5.62. The summed E-state index contributed by atoms with van der Waals surface area (Å²) in [5.41, 5.74) is 8.04. The van der Waals surface area contributed by atoms with Crippen LogP contribution in [0.15, 0.2) is 53.7 Å². The molecule has 2 aromatic rings. The molecule has 6 heteroatoms. The van der Waals surface area contributed by atoms with Crippen LogP contribution in [0.25, 0.3) is 0 Å². The molecule has 0 radical (unpaired) electrons. The van der Waals surface area contributed by atoms with E-state index < -0.39 is 0 Å². The van der Waals surface area contributed by atoms with Crippen molar-refractivity contribution in [2.24, 2.45) is 11.1 Å². The van der Waals surface area contributed by atoms with Gasteiger partial charge in [-0.3, -0.25) is 5.43 Å². The molecule has 0 amide bonds. The Kier molecular flexibility index (Phi) is 4.95. The second-order valence-electron chi connectivity index (χ2n) is 5.37. The molecule has 0 bridgehead atoms. The van der Waals surface area contributed by atoms with Crippen LogP contribution in [0.2, 0.25) is 0 Å². The van der Waals surface area contributed by atoms with Gasteiger partial charge in [-0.15, -0.1) is 0 Å². The minimum Gasteiger partial charge on any atom is -0.391 e. The number of rotatable bonds is 5. The van der Waals surface area contributed by atoms with E-state index in [0.29, 0.717) is 6.54 Å². The van der Waals surface area contributed by atoms with Crippen molar-refractivity contribution in [3.8, 4) is 0 Å². The predicted molar refractivity (Wildman–Crippen MR) is 83.5 cm³/mol. The van der Waals surface area contributed by atoms with Crippen molar-refractivity contribution in [2.45, 2.75) is 12.6 Å². The second kappa shape index (κ2) is 7.30. The monoisotopic (exact) mass is 317 g/mol. The molecule has 2 atom stereocenters. The number of hydrazine groups is 1. The van der Waals surface area contributed by atoms with E-state index >= 15 is 0 Å². The maximum Gasteiger partial charge on any atom is 0.142 e. The van der Waals surface area contributed by atoms with E-state index in [-0.39, 0.29) is 30.2 Å². The minimum atomic E-state index is -0.275. The van der Waals surface area contributed by atoms with E-state index in [9.17, 15) is 8.78 Å². The topological polar surface area (TPSA) is 45.6 Å². The van der Waals surface area contributed by atoms with Gasteiger partial charge >= 0.3 is 0 Å². The van der Waals surface area contributed by atoms with Crippen LogP contribution in [-0.4, -0.2) is 12.8 Å². The molecule has 4 nitrogen and oxygen atoms in total. The van der Waals surface area contributed by atoms with Gasteiger partial charge in [0, 0.05) is 12.5 Å². The SMILES string of the molecule is Fc1ccc(CO/N=C/C2CNNC2c2ccc(F)cc2)cc1.